The Kier molecular flexibility index (Phi) is 5.47. The zero-order valence-electron chi connectivity index (χ0n) is 14.4. The van der Waals surface area contributed by atoms with Crippen LogP contribution in [0.3, 0.4) is 0 Å². The molecule has 0 radical (unpaired) electrons. The van der Waals surface area contributed by atoms with Crippen LogP contribution in [-0.4, -0.2) is 23.0 Å². The molecule has 0 spiro atoms. The molecule has 3 aromatic carbocycles. The molecule has 2 amide bonds. The second kappa shape index (κ2) is 7.97. The number of halogens is 1. The van der Waals surface area contributed by atoms with Crippen molar-refractivity contribution in [3.8, 4) is 11.5 Å². The van der Waals surface area contributed by atoms with E-state index in [1.807, 2.05) is 24.3 Å². The highest BCUT2D eigenvalue weighted by Gasteiger charge is 2.17. The quantitative estimate of drug-likeness (QED) is 0.601. The first-order valence-electron chi connectivity index (χ1n) is 8.18. The molecule has 6 nitrogen and oxygen atoms in total. The molecular formula is C20H17ClN2O4. The minimum Gasteiger partial charge on any atom is -0.507 e. The molecule has 0 saturated carbocycles. The summed E-state index contributed by atoms with van der Waals surface area (Å²) in [5, 5.41) is 12.2. The number of amides is 2. The summed E-state index contributed by atoms with van der Waals surface area (Å²) < 4.78 is 5.48. The third kappa shape index (κ3) is 4.48. The van der Waals surface area contributed by atoms with Crippen molar-refractivity contribution in [3.63, 3.8) is 0 Å². The van der Waals surface area contributed by atoms with Gasteiger partial charge in [-0.05, 0) is 54.1 Å². The first kappa shape index (κ1) is 18.5. The number of fused-ring (bicyclic) bond motifs is 1. The maximum Gasteiger partial charge on any atom is 0.279 e. The fourth-order valence-electron chi connectivity index (χ4n) is 2.47. The molecule has 27 heavy (non-hydrogen) atoms. The smallest absolute Gasteiger partial charge is 0.279 e. The maximum atomic E-state index is 12.3. The van der Waals surface area contributed by atoms with Crippen molar-refractivity contribution < 1.29 is 19.4 Å². The van der Waals surface area contributed by atoms with Gasteiger partial charge in [0.1, 0.15) is 11.5 Å². The lowest BCUT2D eigenvalue weighted by Gasteiger charge is -2.15. The van der Waals surface area contributed by atoms with Gasteiger partial charge in [0.25, 0.3) is 11.8 Å². The summed E-state index contributed by atoms with van der Waals surface area (Å²) in [5.74, 6) is -0.879. The van der Waals surface area contributed by atoms with Crippen molar-refractivity contribution in [3.05, 3.63) is 71.2 Å². The van der Waals surface area contributed by atoms with Crippen LogP contribution < -0.4 is 15.6 Å². The topological polar surface area (TPSA) is 87.7 Å². The van der Waals surface area contributed by atoms with Crippen LogP contribution in [0.15, 0.2) is 60.7 Å². The van der Waals surface area contributed by atoms with Gasteiger partial charge in [0.05, 0.1) is 5.56 Å². The van der Waals surface area contributed by atoms with E-state index in [1.54, 1.807) is 37.3 Å². The monoisotopic (exact) mass is 384 g/mol. The van der Waals surface area contributed by atoms with E-state index in [0.29, 0.717) is 10.8 Å². The minimum atomic E-state index is -0.850. The first-order valence-corrected chi connectivity index (χ1v) is 8.56. The summed E-state index contributed by atoms with van der Waals surface area (Å²) in [6, 6.07) is 16.9. The number of aromatic hydroxyl groups is 1. The molecule has 138 valence electrons. The minimum absolute atomic E-state index is 0.0558. The molecule has 0 aliphatic rings. The molecular weight excluding hydrogens is 368 g/mol. The Morgan fingerprint density at radius 1 is 1.00 bits per heavy atom. The Morgan fingerprint density at radius 2 is 1.63 bits per heavy atom. The van der Waals surface area contributed by atoms with Gasteiger partial charge in [0.15, 0.2) is 6.10 Å². The number of carbonyl (C=O) groups excluding carboxylic acids is 2. The zero-order chi connectivity index (χ0) is 19.4. The summed E-state index contributed by atoms with van der Waals surface area (Å²) in [5.41, 5.74) is 4.62. The van der Waals surface area contributed by atoms with Crippen LogP contribution in [0.25, 0.3) is 10.8 Å². The van der Waals surface area contributed by atoms with Crippen LogP contribution in [0.2, 0.25) is 5.02 Å². The van der Waals surface area contributed by atoms with Crippen molar-refractivity contribution in [2.45, 2.75) is 13.0 Å². The highest BCUT2D eigenvalue weighted by Crippen LogP contribution is 2.24. The third-order valence-corrected chi connectivity index (χ3v) is 4.16. The van der Waals surface area contributed by atoms with Gasteiger partial charge in [0.2, 0.25) is 0 Å². The van der Waals surface area contributed by atoms with E-state index < -0.39 is 17.9 Å². The highest BCUT2D eigenvalue weighted by molar-refractivity contribution is 6.30. The van der Waals surface area contributed by atoms with Gasteiger partial charge in [0, 0.05) is 5.02 Å². The van der Waals surface area contributed by atoms with Crippen LogP contribution in [0, 0.1) is 0 Å². The number of benzene rings is 3. The Balaban J connectivity index is 1.62. The van der Waals surface area contributed by atoms with E-state index in [-0.39, 0.29) is 11.3 Å². The fraction of sp³-hybridized carbons (Fsp3) is 0.100. The van der Waals surface area contributed by atoms with Gasteiger partial charge < -0.3 is 9.84 Å². The van der Waals surface area contributed by atoms with Gasteiger partial charge in [-0.3, -0.25) is 20.4 Å². The van der Waals surface area contributed by atoms with Crippen molar-refractivity contribution in [2.75, 3.05) is 0 Å². The summed E-state index contributed by atoms with van der Waals surface area (Å²) >= 11 is 5.80. The summed E-state index contributed by atoms with van der Waals surface area (Å²) in [4.78, 5) is 24.4. The highest BCUT2D eigenvalue weighted by atomic mass is 35.5. The lowest BCUT2D eigenvalue weighted by atomic mass is 10.1. The first-order chi connectivity index (χ1) is 12.9. The van der Waals surface area contributed by atoms with Crippen LogP contribution in [0.4, 0.5) is 0 Å². The molecule has 1 atom stereocenters. The molecule has 3 rings (SSSR count). The predicted octanol–water partition coefficient (Wildman–Crippen LogP) is 3.43. The van der Waals surface area contributed by atoms with Crippen molar-refractivity contribution in [1.29, 1.82) is 0 Å². The van der Waals surface area contributed by atoms with Gasteiger partial charge in [-0.2, -0.15) is 0 Å². The van der Waals surface area contributed by atoms with E-state index in [2.05, 4.69) is 10.9 Å². The molecule has 0 bridgehead atoms. The van der Waals surface area contributed by atoms with Crippen molar-refractivity contribution in [1.82, 2.24) is 10.9 Å². The predicted molar refractivity (Wildman–Crippen MR) is 103 cm³/mol. The molecule has 0 heterocycles. The Labute approximate surface area is 160 Å². The van der Waals surface area contributed by atoms with E-state index >= 15 is 0 Å². The average molecular weight is 385 g/mol. The van der Waals surface area contributed by atoms with Crippen LogP contribution in [0.1, 0.15) is 17.3 Å². The van der Waals surface area contributed by atoms with E-state index in [4.69, 9.17) is 16.3 Å². The molecule has 0 aromatic heterocycles. The van der Waals surface area contributed by atoms with Gasteiger partial charge in [-0.25, -0.2) is 0 Å². The Bertz CT molecular complexity index is 989. The standard InChI is InChI=1S/C20H17ClN2O4/c1-12(27-16-8-6-15(21)7-9-16)19(25)22-23-20(26)17-10-13-4-2-3-5-14(13)11-18(17)24/h2-12,24H,1H3,(H,22,25)(H,23,26). The van der Waals surface area contributed by atoms with Gasteiger partial charge in [-0.1, -0.05) is 35.9 Å². The molecule has 1 unspecified atom stereocenters. The number of hydrazine groups is 1. The fourth-order valence-corrected chi connectivity index (χ4v) is 2.59. The number of ether oxygens (including phenoxy) is 1. The van der Waals surface area contributed by atoms with Crippen LogP contribution in [-0.2, 0) is 4.79 Å². The molecule has 0 aliphatic carbocycles. The summed E-state index contributed by atoms with van der Waals surface area (Å²) in [6.45, 7) is 1.55. The molecule has 0 fully saturated rings. The van der Waals surface area contributed by atoms with Crippen LogP contribution in [0.5, 0.6) is 11.5 Å². The second-order valence-corrected chi connectivity index (χ2v) is 6.31. The number of carbonyl (C=O) groups is 2. The molecule has 0 saturated heterocycles. The molecule has 0 aliphatic heterocycles. The lowest BCUT2D eigenvalue weighted by molar-refractivity contribution is -0.128. The molecule has 7 heteroatoms. The van der Waals surface area contributed by atoms with Gasteiger partial charge >= 0.3 is 0 Å². The number of hydrogen-bond acceptors (Lipinski definition) is 4. The summed E-state index contributed by atoms with van der Waals surface area (Å²) in [6.07, 6.45) is -0.850. The van der Waals surface area contributed by atoms with Gasteiger partial charge in [-0.15, -0.1) is 0 Å². The van der Waals surface area contributed by atoms with Crippen molar-refractivity contribution >= 4 is 34.2 Å². The maximum absolute atomic E-state index is 12.3. The SMILES string of the molecule is CC(Oc1ccc(Cl)cc1)C(=O)NNC(=O)c1cc2ccccc2cc1O. The number of rotatable bonds is 4. The number of nitrogens with one attached hydrogen (secondary N) is 2. The third-order valence-electron chi connectivity index (χ3n) is 3.90. The number of hydrogen-bond donors (Lipinski definition) is 3. The number of phenolic OH excluding ortho intramolecular Hbond substituents is 1. The number of phenols is 1. The van der Waals surface area contributed by atoms with E-state index in [0.717, 1.165) is 10.8 Å². The molecule has 3 aromatic rings. The lowest BCUT2D eigenvalue weighted by Crippen LogP contribution is -2.47. The Morgan fingerprint density at radius 3 is 2.30 bits per heavy atom. The van der Waals surface area contributed by atoms with Crippen molar-refractivity contribution in [2.24, 2.45) is 0 Å². The summed E-state index contributed by atoms with van der Waals surface area (Å²) in [7, 11) is 0. The average Bonchev–Trinajstić information content (AvgIpc) is 2.67. The second-order valence-electron chi connectivity index (χ2n) is 5.87. The zero-order valence-corrected chi connectivity index (χ0v) is 15.2. The Hall–Kier alpha value is -3.25. The van der Waals surface area contributed by atoms with E-state index in [9.17, 15) is 14.7 Å². The largest absolute Gasteiger partial charge is 0.507 e. The molecule has 3 N–H and O–H groups in total. The normalized spacial score (nSPS) is 11.6. The van der Waals surface area contributed by atoms with Crippen LogP contribution >= 0.6 is 11.6 Å². The van der Waals surface area contributed by atoms with E-state index in [1.165, 1.54) is 6.07 Å².